The predicted molar refractivity (Wildman–Crippen MR) is 128 cm³/mol. The smallest absolute Gasteiger partial charge is 0.272 e. The van der Waals surface area contributed by atoms with Gasteiger partial charge in [-0.3, -0.25) is 19.7 Å². The van der Waals surface area contributed by atoms with Gasteiger partial charge in [0.05, 0.1) is 12.0 Å². The molecule has 3 N–H and O–H groups in total. The quantitative estimate of drug-likeness (QED) is 0.214. The van der Waals surface area contributed by atoms with Crippen molar-refractivity contribution < 1.29 is 19.2 Å². The van der Waals surface area contributed by atoms with Gasteiger partial charge in [-0.2, -0.15) is 0 Å². The second kappa shape index (κ2) is 9.70. The number of carbonyl (C=O) groups excluding carboxylic acids is 2. The summed E-state index contributed by atoms with van der Waals surface area (Å²) in [5.74, 6) is -0.398. The van der Waals surface area contributed by atoms with Crippen molar-refractivity contribution in [3.63, 3.8) is 0 Å². The lowest BCUT2D eigenvalue weighted by Gasteiger charge is -2.11. The Balaban J connectivity index is 1.68. The predicted octanol–water partition coefficient (Wildman–Crippen LogP) is 4.49. The first kappa shape index (κ1) is 22.3. The van der Waals surface area contributed by atoms with Crippen molar-refractivity contribution in [1.82, 2.24) is 10.3 Å². The highest BCUT2D eigenvalue weighted by molar-refractivity contribution is 6.11. The van der Waals surface area contributed by atoms with Crippen LogP contribution in [0.2, 0.25) is 0 Å². The number of aromatic nitrogens is 1. The van der Waals surface area contributed by atoms with E-state index in [0.717, 1.165) is 10.9 Å². The number of hydrogen-bond acceptors (Lipinski definition) is 5. The maximum atomic E-state index is 13.1. The minimum absolute atomic E-state index is 0.00377. The zero-order valence-corrected chi connectivity index (χ0v) is 18.1. The van der Waals surface area contributed by atoms with Crippen LogP contribution < -0.4 is 15.4 Å². The van der Waals surface area contributed by atoms with Gasteiger partial charge in [0.2, 0.25) is 0 Å². The highest BCUT2D eigenvalue weighted by Gasteiger charge is 2.17. The number of ether oxygens (including phenoxy) is 1. The number of rotatable bonds is 7. The number of nitrogens with one attached hydrogen (secondary N) is 3. The summed E-state index contributed by atoms with van der Waals surface area (Å²) >= 11 is 0. The number of nitrogens with zero attached hydrogens (tertiary/aromatic N) is 1. The molecule has 170 valence electrons. The van der Waals surface area contributed by atoms with Gasteiger partial charge in [0, 0.05) is 46.0 Å². The summed E-state index contributed by atoms with van der Waals surface area (Å²) in [6, 6.07) is 19.4. The third kappa shape index (κ3) is 4.94. The van der Waals surface area contributed by atoms with Gasteiger partial charge in [-0.25, -0.2) is 0 Å². The molecule has 0 fully saturated rings. The molecule has 0 atom stereocenters. The summed E-state index contributed by atoms with van der Waals surface area (Å²) in [6.45, 7) is 0. The maximum absolute atomic E-state index is 13.1. The van der Waals surface area contributed by atoms with Crippen molar-refractivity contribution in [2.75, 3.05) is 12.4 Å². The molecule has 34 heavy (non-hydrogen) atoms. The van der Waals surface area contributed by atoms with Crippen molar-refractivity contribution in [2.24, 2.45) is 0 Å². The van der Waals surface area contributed by atoms with E-state index < -0.39 is 16.7 Å². The van der Waals surface area contributed by atoms with Gasteiger partial charge >= 0.3 is 0 Å². The van der Waals surface area contributed by atoms with Crippen LogP contribution in [0.15, 0.2) is 84.7 Å². The number of anilines is 1. The molecule has 2 amide bonds. The second-order valence-electron chi connectivity index (χ2n) is 7.29. The Morgan fingerprint density at radius 1 is 1.03 bits per heavy atom. The van der Waals surface area contributed by atoms with E-state index in [0.29, 0.717) is 22.6 Å². The number of nitro groups is 1. The van der Waals surface area contributed by atoms with Crippen LogP contribution in [0, 0.1) is 10.1 Å². The molecular formula is C25H20N4O5. The van der Waals surface area contributed by atoms with Crippen LogP contribution in [0.3, 0.4) is 0 Å². The zero-order valence-electron chi connectivity index (χ0n) is 18.1. The Kier molecular flexibility index (Phi) is 6.35. The Morgan fingerprint density at radius 3 is 2.44 bits per heavy atom. The van der Waals surface area contributed by atoms with Crippen molar-refractivity contribution in [3.8, 4) is 5.75 Å². The van der Waals surface area contributed by atoms with E-state index in [1.54, 1.807) is 49.7 Å². The monoisotopic (exact) mass is 456 g/mol. The topological polar surface area (TPSA) is 126 Å². The lowest BCUT2D eigenvalue weighted by Crippen LogP contribution is -2.30. The molecule has 0 radical (unpaired) electrons. The number of nitro benzene ring substituents is 1. The molecule has 0 spiro atoms. The fraction of sp³-hybridized carbons (Fsp3) is 0.0400. The van der Waals surface area contributed by atoms with Crippen LogP contribution in [-0.2, 0) is 4.79 Å². The number of H-pyrrole nitrogens is 1. The molecule has 4 aromatic rings. The fourth-order valence-corrected chi connectivity index (χ4v) is 3.33. The normalized spacial score (nSPS) is 11.1. The number of amides is 2. The van der Waals surface area contributed by atoms with Crippen molar-refractivity contribution >= 4 is 40.2 Å². The Labute approximate surface area is 194 Å². The first-order valence-electron chi connectivity index (χ1n) is 10.2. The average Bonchev–Trinajstić information content (AvgIpc) is 3.26. The van der Waals surface area contributed by atoms with E-state index in [9.17, 15) is 19.7 Å². The minimum atomic E-state index is -0.588. The lowest BCUT2D eigenvalue weighted by molar-refractivity contribution is -0.384. The van der Waals surface area contributed by atoms with E-state index in [-0.39, 0.29) is 11.4 Å². The highest BCUT2D eigenvalue weighted by Crippen LogP contribution is 2.25. The minimum Gasteiger partial charge on any atom is -0.497 e. The van der Waals surface area contributed by atoms with Crippen LogP contribution in [0.4, 0.5) is 11.4 Å². The number of benzene rings is 3. The number of non-ortho nitro benzene ring substituents is 1. The van der Waals surface area contributed by atoms with E-state index >= 15 is 0 Å². The molecule has 0 unspecified atom stereocenters. The van der Waals surface area contributed by atoms with Gasteiger partial charge in [-0.1, -0.05) is 18.2 Å². The lowest BCUT2D eigenvalue weighted by atomic mass is 10.1. The average molecular weight is 456 g/mol. The highest BCUT2D eigenvalue weighted by atomic mass is 16.6. The second-order valence-corrected chi connectivity index (χ2v) is 7.29. The van der Waals surface area contributed by atoms with Crippen molar-refractivity contribution in [1.29, 1.82) is 0 Å². The number of fused-ring (bicyclic) bond motifs is 1. The van der Waals surface area contributed by atoms with Crippen molar-refractivity contribution in [2.45, 2.75) is 0 Å². The van der Waals surface area contributed by atoms with Gasteiger partial charge in [0.15, 0.2) is 0 Å². The number of carbonyl (C=O) groups is 2. The molecule has 3 aromatic carbocycles. The van der Waals surface area contributed by atoms with E-state index in [2.05, 4.69) is 15.6 Å². The van der Waals surface area contributed by atoms with Gasteiger partial charge in [0.1, 0.15) is 11.4 Å². The Hall–Kier alpha value is -4.92. The zero-order chi connectivity index (χ0) is 24.1. The number of hydrogen-bond donors (Lipinski definition) is 3. The molecule has 0 aliphatic heterocycles. The largest absolute Gasteiger partial charge is 0.497 e. The van der Waals surface area contributed by atoms with Gasteiger partial charge in [-0.05, 0) is 48.5 Å². The molecule has 1 heterocycles. The first-order valence-corrected chi connectivity index (χ1v) is 10.2. The standard InChI is InChI=1S/C25H20N4O5/c1-34-20-11-12-22-21(14-20)17(15-26-22)13-23(28-24(30)16-5-3-2-4-6-16)25(31)27-18-7-9-19(10-8-18)29(32)33/h2-15,26H,1H3,(H,27,31)(H,28,30). The van der Waals surface area contributed by atoms with Gasteiger partial charge < -0.3 is 20.4 Å². The molecule has 0 bridgehead atoms. The molecule has 4 rings (SSSR count). The summed E-state index contributed by atoms with van der Waals surface area (Å²) in [5, 5.41) is 17.0. The summed E-state index contributed by atoms with van der Waals surface area (Å²) < 4.78 is 5.30. The number of aromatic amines is 1. The molecule has 9 nitrogen and oxygen atoms in total. The Morgan fingerprint density at radius 2 is 1.76 bits per heavy atom. The molecule has 0 saturated heterocycles. The van der Waals surface area contributed by atoms with Crippen LogP contribution in [0.1, 0.15) is 15.9 Å². The molecular weight excluding hydrogens is 436 g/mol. The third-order valence-electron chi connectivity index (χ3n) is 5.09. The first-order chi connectivity index (χ1) is 16.4. The SMILES string of the molecule is COc1ccc2[nH]cc(C=C(NC(=O)c3ccccc3)C(=O)Nc3ccc([N+](=O)[O-])cc3)c2c1. The van der Waals surface area contributed by atoms with E-state index in [1.165, 1.54) is 24.3 Å². The summed E-state index contributed by atoms with van der Waals surface area (Å²) in [6.07, 6.45) is 3.28. The molecule has 0 aliphatic carbocycles. The maximum Gasteiger partial charge on any atom is 0.272 e. The fourth-order valence-electron chi connectivity index (χ4n) is 3.33. The molecule has 9 heteroatoms. The number of methoxy groups -OCH3 is 1. The Bertz CT molecular complexity index is 1390. The van der Waals surface area contributed by atoms with Crippen LogP contribution >= 0.6 is 0 Å². The van der Waals surface area contributed by atoms with E-state index in [1.807, 2.05) is 18.2 Å². The van der Waals surface area contributed by atoms with Crippen LogP contribution in [0.25, 0.3) is 17.0 Å². The van der Waals surface area contributed by atoms with Gasteiger partial charge in [0.25, 0.3) is 17.5 Å². The summed E-state index contributed by atoms with van der Waals surface area (Å²) in [7, 11) is 1.56. The van der Waals surface area contributed by atoms with Gasteiger partial charge in [-0.15, -0.1) is 0 Å². The summed E-state index contributed by atoms with van der Waals surface area (Å²) in [4.78, 5) is 39.4. The molecule has 0 aliphatic rings. The van der Waals surface area contributed by atoms with Crippen molar-refractivity contribution in [3.05, 3.63) is 106 Å². The summed E-state index contributed by atoms with van der Waals surface area (Å²) in [5.41, 5.74) is 2.12. The molecule has 0 saturated carbocycles. The molecule has 1 aromatic heterocycles. The third-order valence-corrected chi connectivity index (χ3v) is 5.09. The van der Waals surface area contributed by atoms with E-state index in [4.69, 9.17) is 4.74 Å². The van der Waals surface area contributed by atoms with Crippen LogP contribution in [0.5, 0.6) is 5.75 Å². The van der Waals surface area contributed by atoms with Crippen LogP contribution in [-0.4, -0.2) is 28.8 Å².